The van der Waals surface area contributed by atoms with E-state index in [1.807, 2.05) is 0 Å². The second kappa shape index (κ2) is 6.90. The number of nitrogen functional groups attached to an aromatic ring is 1. The van der Waals surface area contributed by atoms with E-state index in [2.05, 4.69) is 10.4 Å². The van der Waals surface area contributed by atoms with Gasteiger partial charge in [0.15, 0.2) is 0 Å². The number of hydrogen-bond donors (Lipinski definition) is 2. The van der Waals surface area contributed by atoms with Crippen molar-refractivity contribution in [1.29, 1.82) is 0 Å². The van der Waals surface area contributed by atoms with Gasteiger partial charge >= 0.3 is 0 Å². The van der Waals surface area contributed by atoms with Gasteiger partial charge in [-0.25, -0.2) is 0 Å². The lowest BCUT2D eigenvalue weighted by atomic mass is 10.3. The minimum atomic E-state index is -0.192. The molecule has 0 aromatic carbocycles. The maximum Gasteiger partial charge on any atom is 0.241 e. The van der Waals surface area contributed by atoms with Crippen LogP contribution >= 0.6 is 0 Å². The molecule has 0 unspecified atom stereocenters. The van der Waals surface area contributed by atoms with Crippen molar-refractivity contribution in [2.45, 2.75) is 13.0 Å². The third-order valence-electron chi connectivity index (χ3n) is 2.99. The summed E-state index contributed by atoms with van der Waals surface area (Å²) >= 11 is 0. The largest absolute Gasteiger partial charge is 0.382 e. The maximum absolute atomic E-state index is 11.8. The van der Waals surface area contributed by atoms with Crippen molar-refractivity contribution < 1.29 is 14.3 Å². The van der Waals surface area contributed by atoms with Crippen molar-refractivity contribution in [3.05, 3.63) is 12.3 Å². The highest BCUT2D eigenvalue weighted by atomic mass is 16.5. The smallest absolute Gasteiger partial charge is 0.241 e. The summed E-state index contributed by atoms with van der Waals surface area (Å²) in [7, 11) is 0. The van der Waals surface area contributed by atoms with Crippen LogP contribution in [-0.2, 0) is 20.9 Å². The van der Waals surface area contributed by atoms with Gasteiger partial charge in [0, 0.05) is 32.3 Å². The Morgan fingerprint density at radius 1 is 1.40 bits per heavy atom. The van der Waals surface area contributed by atoms with E-state index in [0.717, 1.165) is 0 Å². The number of morpholine rings is 1. The van der Waals surface area contributed by atoms with Crippen LogP contribution in [0, 0.1) is 0 Å². The molecule has 8 nitrogen and oxygen atoms in total. The van der Waals surface area contributed by atoms with Crippen LogP contribution in [0.2, 0.25) is 0 Å². The molecule has 2 heterocycles. The first-order chi connectivity index (χ1) is 9.65. The average Bonchev–Trinajstić information content (AvgIpc) is 2.85. The fourth-order valence-electron chi connectivity index (χ4n) is 1.95. The van der Waals surface area contributed by atoms with Gasteiger partial charge in [-0.05, 0) is 6.07 Å². The van der Waals surface area contributed by atoms with Crippen LogP contribution in [0.3, 0.4) is 0 Å². The van der Waals surface area contributed by atoms with Gasteiger partial charge in [0.05, 0.1) is 13.2 Å². The van der Waals surface area contributed by atoms with Gasteiger partial charge in [-0.1, -0.05) is 0 Å². The van der Waals surface area contributed by atoms with Gasteiger partial charge in [-0.3, -0.25) is 14.3 Å². The Labute approximate surface area is 116 Å². The van der Waals surface area contributed by atoms with E-state index in [0.29, 0.717) is 45.1 Å². The fraction of sp³-hybridized carbons (Fsp3) is 0.583. The van der Waals surface area contributed by atoms with Crippen LogP contribution in [0.25, 0.3) is 0 Å². The fourth-order valence-corrected chi connectivity index (χ4v) is 1.95. The Balaban J connectivity index is 1.64. The number of ether oxygens (including phenoxy) is 1. The van der Waals surface area contributed by atoms with Gasteiger partial charge in [-0.2, -0.15) is 5.10 Å². The number of nitrogens with two attached hydrogens (primary N) is 1. The molecule has 0 spiro atoms. The standard InChI is InChI=1S/C12H19N5O3/c13-10-2-4-17(15-10)9-11(18)14-3-1-12(19)16-5-7-20-8-6-16/h2,4H,1,3,5-9H2,(H2,13,15)(H,14,18). The molecule has 1 aliphatic heterocycles. The van der Waals surface area contributed by atoms with Crippen LogP contribution in [0.1, 0.15) is 6.42 Å². The van der Waals surface area contributed by atoms with Crippen LogP contribution in [0.15, 0.2) is 12.3 Å². The summed E-state index contributed by atoms with van der Waals surface area (Å²) in [5.74, 6) is 0.222. The van der Waals surface area contributed by atoms with Crippen LogP contribution in [0.5, 0.6) is 0 Å². The second-order valence-corrected chi connectivity index (χ2v) is 4.53. The molecule has 0 atom stereocenters. The molecule has 110 valence electrons. The third-order valence-corrected chi connectivity index (χ3v) is 2.99. The van der Waals surface area contributed by atoms with Gasteiger partial charge in [0.2, 0.25) is 11.8 Å². The molecular formula is C12H19N5O3. The van der Waals surface area contributed by atoms with Crippen LogP contribution < -0.4 is 11.1 Å². The minimum absolute atomic E-state index is 0.0388. The zero-order valence-corrected chi connectivity index (χ0v) is 11.2. The molecule has 1 fully saturated rings. The van der Waals surface area contributed by atoms with Crippen molar-refractivity contribution in [3.63, 3.8) is 0 Å². The zero-order valence-electron chi connectivity index (χ0n) is 11.2. The van der Waals surface area contributed by atoms with Crippen molar-refractivity contribution in [2.24, 2.45) is 0 Å². The predicted octanol–water partition coefficient (Wildman–Crippen LogP) is -1.17. The van der Waals surface area contributed by atoms with E-state index < -0.39 is 0 Å². The molecule has 0 aliphatic carbocycles. The molecule has 1 aliphatic rings. The molecule has 1 saturated heterocycles. The summed E-state index contributed by atoms with van der Waals surface area (Å²) in [5, 5.41) is 6.60. The molecule has 1 aromatic rings. The number of nitrogens with one attached hydrogen (secondary N) is 1. The highest BCUT2D eigenvalue weighted by Crippen LogP contribution is 1.99. The molecule has 3 N–H and O–H groups in total. The number of hydrogen-bond acceptors (Lipinski definition) is 5. The summed E-state index contributed by atoms with van der Waals surface area (Å²) in [6, 6.07) is 1.62. The van der Waals surface area contributed by atoms with Crippen LogP contribution in [-0.4, -0.2) is 59.3 Å². The topological polar surface area (TPSA) is 102 Å². The Hall–Kier alpha value is -2.09. The molecule has 2 rings (SSSR count). The van der Waals surface area contributed by atoms with Crippen molar-refractivity contribution in [2.75, 3.05) is 38.6 Å². The number of carbonyl (C=O) groups excluding carboxylic acids is 2. The van der Waals surface area contributed by atoms with Gasteiger partial charge in [0.1, 0.15) is 12.4 Å². The lowest BCUT2D eigenvalue weighted by molar-refractivity contribution is -0.135. The van der Waals surface area contributed by atoms with E-state index in [1.165, 1.54) is 4.68 Å². The molecule has 2 amide bonds. The van der Waals surface area contributed by atoms with Crippen LogP contribution in [0.4, 0.5) is 5.82 Å². The molecule has 0 bridgehead atoms. The average molecular weight is 281 g/mol. The number of carbonyl (C=O) groups is 2. The Morgan fingerprint density at radius 2 is 2.15 bits per heavy atom. The number of anilines is 1. The molecule has 0 saturated carbocycles. The van der Waals surface area contributed by atoms with Crippen molar-refractivity contribution in [3.8, 4) is 0 Å². The van der Waals surface area contributed by atoms with Gasteiger partial charge < -0.3 is 20.7 Å². The molecule has 20 heavy (non-hydrogen) atoms. The number of amides is 2. The lowest BCUT2D eigenvalue weighted by Crippen LogP contribution is -2.42. The lowest BCUT2D eigenvalue weighted by Gasteiger charge is -2.26. The van der Waals surface area contributed by atoms with Gasteiger partial charge in [-0.15, -0.1) is 0 Å². The van der Waals surface area contributed by atoms with E-state index in [1.54, 1.807) is 17.2 Å². The van der Waals surface area contributed by atoms with E-state index >= 15 is 0 Å². The first-order valence-corrected chi connectivity index (χ1v) is 6.56. The summed E-state index contributed by atoms with van der Waals surface area (Å²) in [5.41, 5.74) is 5.45. The number of nitrogens with zero attached hydrogens (tertiary/aromatic N) is 3. The summed E-state index contributed by atoms with van der Waals surface area (Å²) in [6.45, 7) is 2.84. The first-order valence-electron chi connectivity index (χ1n) is 6.56. The normalized spacial score (nSPS) is 15.1. The van der Waals surface area contributed by atoms with E-state index in [9.17, 15) is 9.59 Å². The first kappa shape index (κ1) is 14.3. The Kier molecular flexibility index (Phi) is 4.94. The summed E-state index contributed by atoms with van der Waals surface area (Å²) in [6.07, 6.45) is 1.93. The highest BCUT2D eigenvalue weighted by Gasteiger charge is 2.16. The summed E-state index contributed by atoms with van der Waals surface area (Å²) < 4.78 is 6.63. The maximum atomic E-state index is 11.8. The van der Waals surface area contributed by atoms with Gasteiger partial charge in [0.25, 0.3) is 0 Å². The second-order valence-electron chi connectivity index (χ2n) is 4.53. The molecule has 8 heteroatoms. The molecule has 0 radical (unpaired) electrons. The Morgan fingerprint density at radius 3 is 2.80 bits per heavy atom. The van der Waals surface area contributed by atoms with E-state index in [4.69, 9.17) is 10.5 Å². The molecule has 1 aromatic heterocycles. The molecular weight excluding hydrogens is 262 g/mol. The Bertz CT molecular complexity index is 467. The quantitative estimate of drug-likeness (QED) is 0.708. The van der Waals surface area contributed by atoms with E-state index in [-0.39, 0.29) is 18.4 Å². The van der Waals surface area contributed by atoms with Crippen molar-refractivity contribution in [1.82, 2.24) is 20.0 Å². The van der Waals surface area contributed by atoms with Crippen molar-refractivity contribution >= 4 is 17.6 Å². The predicted molar refractivity (Wildman–Crippen MR) is 71.7 cm³/mol. The third kappa shape index (κ3) is 4.23. The highest BCUT2D eigenvalue weighted by molar-refractivity contribution is 5.79. The zero-order chi connectivity index (χ0) is 14.4. The number of rotatable bonds is 5. The minimum Gasteiger partial charge on any atom is -0.382 e. The monoisotopic (exact) mass is 281 g/mol. The number of aromatic nitrogens is 2. The SMILES string of the molecule is Nc1ccn(CC(=O)NCCC(=O)N2CCOCC2)n1. The summed E-state index contributed by atoms with van der Waals surface area (Å²) in [4.78, 5) is 25.2.